The molecule has 0 bridgehead atoms. The first kappa shape index (κ1) is 14.0. The van der Waals surface area contributed by atoms with Gasteiger partial charge in [0, 0.05) is 22.3 Å². The third-order valence-electron chi connectivity index (χ3n) is 2.79. The largest absolute Gasteiger partial charge is 0.376 e. The van der Waals surface area contributed by atoms with Gasteiger partial charge < -0.3 is 11.1 Å². The summed E-state index contributed by atoms with van der Waals surface area (Å²) in [4.78, 5) is 0. The maximum Gasteiger partial charge on any atom is 0.131 e. The van der Waals surface area contributed by atoms with Gasteiger partial charge in [-0.25, -0.2) is 8.78 Å². The van der Waals surface area contributed by atoms with E-state index in [-0.39, 0.29) is 12.1 Å². The summed E-state index contributed by atoms with van der Waals surface area (Å²) in [6, 6.07) is 10.5. The Morgan fingerprint density at radius 3 is 2.26 bits per heavy atom. The van der Waals surface area contributed by atoms with Crippen LogP contribution < -0.4 is 11.1 Å². The Hall–Kier alpha value is -1.46. The zero-order chi connectivity index (χ0) is 13.8. The fourth-order valence-corrected chi connectivity index (χ4v) is 2.26. The van der Waals surface area contributed by atoms with E-state index < -0.39 is 17.7 Å². The lowest BCUT2D eigenvalue weighted by Gasteiger charge is -2.20. The van der Waals surface area contributed by atoms with Crippen molar-refractivity contribution >= 4 is 21.6 Å². The molecule has 0 saturated carbocycles. The second kappa shape index (κ2) is 6.12. The smallest absolute Gasteiger partial charge is 0.131 e. The number of rotatable bonds is 4. The van der Waals surface area contributed by atoms with Gasteiger partial charge in [-0.15, -0.1) is 0 Å². The summed E-state index contributed by atoms with van der Waals surface area (Å²) in [5.74, 6) is -1.20. The van der Waals surface area contributed by atoms with Crippen LogP contribution in [0.1, 0.15) is 11.6 Å². The Balaban J connectivity index is 2.34. The van der Waals surface area contributed by atoms with E-state index in [2.05, 4.69) is 21.2 Å². The van der Waals surface area contributed by atoms with Gasteiger partial charge in [0.2, 0.25) is 0 Å². The number of hydrogen-bond donors (Lipinski definition) is 2. The average molecular weight is 327 g/mol. The number of nitrogens with one attached hydrogen (secondary N) is 1. The normalized spacial score (nSPS) is 12.2. The highest BCUT2D eigenvalue weighted by Crippen LogP contribution is 2.28. The van der Waals surface area contributed by atoms with Crippen molar-refractivity contribution in [3.8, 4) is 0 Å². The van der Waals surface area contributed by atoms with Crippen molar-refractivity contribution in [3.63, 3.8) is 0 Å². The summed E-state index contributed by atoms with van der Waals surface area (Å²) >= 11 is 3.37. The molecule has 2 nitrogen and oxygen atoms in total. The van der Waals surface area contributed by atoms with Crippen molar-refractivity contribution in [1.82, 2.24) is 0 Å². The van der Waals surface area contributed by atoms with Crippen molar-refractivity contribution in [1.29, 1.82) is 0 Å². The zero-order valence-electron chi connectivity index (χ0n) is 10.0. The molecule has 0 radical (unpaired) electrons. The number of para-hydroxylation sites is 1. The molecular formula is C14H13BrF2N2. The maximum absolute atomic E-state index is 13.7. The van der Waals surface area contributed by atoms with Gasteiger partial charge in [0.05, 0.1) is 6.04 Å². The summed E-state index contributed by atoms with van der Waals surface area (Å²) in [7, 11) is 0. The Morgan fingerprint density at radius 2 is 1.68 bits per heavy atom. The van der Waals surface area contributed by atoms with E-state index >= 15 is 0 Å². The molecule has 0 spiro atoms. The molecule has 2 aromatic carbocycles. The fraction of sp³-hybridized carbons (Fsp3) is 0.143. The zero-order valence-corrected chi connectivity index (χ0v) is 11.6. The van der Waals surface area contributed by atoms with Crippen molar-refractivity contribution in [2.75, 3.05) is 11.9 Å². The number of hydrogen-bond acceptors (Lipinski definition) is 2. The van der Waals surface area contributed by atoms with Gasteiger partial charge in [-0.2, -0.15) is 0 Å². The second-order valence-electron chi connectivity index (χ2n) is 4.05. The first-order chi connectivity index (χ1) is 9.13. The van der Waals surface area contributed by atoms with Crippen molar-refractivity contribution in [2.24, 2.45) is 5.73 Å². The van der Waals surface area contributed by atoms with Crippen LogP contribution >= 0.6 is 15.9 Å². The van der Waals surface area contributed by atoms with Crippen LogP contribution in [0.2, 0.25) is 0 Å². The van der Waals surface area contributed by atoms with Crippen LogP contribution in [-0.4, -0.2) is 6.54 Å². The predicted molar refractivity (Wildman–Crippen MR) is 75.9 cm³/mol. The molecule has 19 heavy (non-hydrogen) atoms. The quantitative estimate of drug-likeness (QED) is 0.895. The van der Waals surface area contributed by atoms with E-state index in [1.54, 1.807) is 0 Å². The summed E-state index contributed by atoms with van der Waals surface area (Å²) < 4.78 is 28.3. The molecule has 0 aliphatic rings. The van der Waals surface area contributed by atoms with E-state index in [0.717, 1.165) is 10.2 Å². The van der Waals surface area contributed by atoms with Crippen LogP contribution in [0.25, 0.3) is 0 Å². The molecule has 0 saturated heterocycles. The topological polar surface area (TPSA) is 38.0 Å². The minimum Gasteiger partial charge on any atom is -0.376 e. The number of nitrogens with two attached hydrogens (primary N) is 1. The van der Waals surface area contributed by atoms with Gasteiger partial charge in [0.15, 0.2) is 0 Å². The molecule has 0 aromatic heterocycles. The molecule has 2 rings (SSSR count). The minimum atomic E-state index is -0.625. The van der Waals surface area contributed by atoms with E-state index in [0.29, 0.717) is 0 Å². The van der Waals surface area contributed by atoms with E-state index in [1.807, 2.05) is 24.3 Å². The van der Waals surface area contributed by atoms with Crippen LogP contribution in [0.4, 0.5) is 14.5 Å². The van der Waals surface area contributed by atoms with Gasteiger partial charge in [0.1, 0.15) is 11.6 Å². The Kier molecular flexibility index (Phi) is 4.50. The standard InChI is InChI=1S/C14H13BrF2N2/c15-9-4-1-2-7-12(9)19-13(8-18)14-10(16)5-3-6-11(14)17/h1-7,13,19H,8,18H2. The molecule has 2 aromatic rings. The molecule has 1 atom stereocenters. The number of benzene rings is 2. The van der Waals surface area contributed by atoms with Gasteiger partial charge in [0.25, 0.3) is 0 Å². The van der Waals surface area contributed by atoms with Crippen molar-refractivity contribution < 1.29 is 8.78 Å². The molecule has 5 heteroatoms. The Morgan fingerprint density at radius 1 is 1.05 bits per heavy atom. The molecule has 100 valence electrons. The fourth-order valence-electron chi connectivity index (χ4n) is 1.86. The van der Waals surface area contributed by atoms with Crippen LogP contribution in [0.15, 0.2) is 46.9 Å². The maximum atomic E-state index is 13.7. The molecule has 3 N–H and O–H groups in total. The lowest BCUT2D eigenvalue weighted by atomic mass is 10.1. The first-order valence-corrected chi connectivity index (χ1v) is 6.58. The lowest BCUT2D eigenvalue weighted by Crippen LogP contribution is -2.23. The Bertz CT molecular complexity index is 555. The third kappa shape index (κ3) is 3.11. The molecule has 0 aliphatic carbocycles. The van der Waals surface area contributed by atoms with Crippen LogP contribution in [-0.2, 0) is 0 Å². The first-order valence-electron chi connectivity index (χ1n) is 5.78. The van der Waals surface area contributed by atoms with E-state index in [4.69, 9.17) is 5.73 Å². The van der Waals surface area contributed by atoms with Crippen LogP contribution in [0, 0.1) is 11.6 Å². The van der Waals surface area contributed by atoms with Crippen molar-refractivity contribution in [2.45, 2.75) is 6.04 Å². The van der Waals surface area contributed by atoms with Gasteiger partial charge in [-0.05, 0) is 40.2 Å². The third-order valence-corrected chi connectivity index (χ3v) is 3.48. The summed E-state index contributed by atoms with van der Waals surface area (Å²) in [5.41, 5.74) is 6.33. The van der Waals surface area contributed by atoms with Gasteiger partial charge >= 0.3 is 0 Å². The molecule has 1 unspecified atom stereocenters. The average Bonchev–Trinajstić information content (AvgIpc) is 2.39. The van der Waals surface area contributed by atoms with Gasteiger partial charge in [-0.1, -0.05) is 18.2 Å². The summed E-state index contributed by atoms with van der Waals surface area (Å²) in [6.07, 6.45) is 0. The lowest BCUT2D eigenvalue weighted by molar-refractivity contribution is 0.537. The van der Waals surface area contributed by atoms with E-state index in [1.165, 1.54) is 18.2 Å². The molecular weight excluding hydrogens is 314 g/mol. The summed E-state index contributed by atoms with van der Waals surface area (Å²) in [5, 5.41) is 3.04. The van der Waals surface area contributed by atoms with Crippen LogP contribution in [0.3, 0.4) is 0 Å². The number of anilines is 1. The minimum absolute atomic E-state index is 0.0410. The predicted octanol–water partition coefficient (Wildman–Crippen LogP) is 3.84. The second-order valence-corrected chi connectivity index (χ2v) is 4.90. The number of halogens is 3. The molecule has 0 amide bonds. The summed E-state index contributed by atoms with van der Waals surface area (Å²) in [6.45, 7) is 0.0825. The highest BCUT2D eigenvalue weighted by molar-refractivity contribution is 9.10. The SMILES string of the molecule is NCC(Nc1ccccc1Br)c1c(F)cccc1F. The Labute approximate surface area is 118 Å². The molecule has 0 aliphatic heterocycles. The highest BCUT2D eigenvalue weighted by Gasteiger charge is 2.19. The molecule has 0 fully saturated rings. The van der Waals surface area contributed by atoms with E-state index in [9.17, 15) is 8.78 Å². The van der Waals surface area contributed by atoms with Crippen molar-refractivity contribution in [3.05, 3.63) is 64.1 Å². The molecule has 0 heterocycles. The van der Waals surface area contributed by atoms with Gasteiger partial charge in [-0.3, -0.25) is 0 Å². The highest BCUT2D eigenvalue weighted by atomic mass is 79.9. The van der Waals surface area contributed by atoms with Crippen LogP contribution in [0.5, 0.6) is 0 Å². The monoisotopic (exact) mass is 326 g/mol.